The fourth-order valence-electron chi connectivity index (χ4n) is 4.85. The predicted molar refractivity (Wildman–Crippen MR) is 115 cm³/mol. The van der Waals surface area contributed by atoms with Crippen molar-refractivity contribution in [2.75, 3.05) is 31.6 Å². The molecule has 3 unspecified atom stereocenters. The Labute approximate surface area is 188 Å². The number of nitrogens with one attached hydrogen (secondary N) is 3. The van der Waals surface area contributed by atoms with Crippen molar-refractivity contribution in [2.24, 2.45) is 11.8 Å². The van der Waals surface area contributed by atoms with Gasteiger partial charge in [-0.25, -0.2) is 14.4 Å². The highest BCUT2D eigenvalue weighted by Crippen LogP contribution is 2.36. The number of fused-ring (bicyclic) bond motifs is 3. The molecule has 3 N–H and O–H groups in total. The predicted octanol–water partition coefficient (Wildman–Crippen LogP) is 4.46. The maximum Gasteiger partial charge on any atom is 0.431 e. The number of aromatic amines is 1. The Morgan fingerprint density at radius 1 is 1.06 bits per heavy atom. The van der Waals surface area contributed by atoms with Crippen molar-refractivity contribution in [3.63, 3.8) is 0 Å². The molecular formula is C23H25F4N5O. The molecule has 3 aromatic rings. The number of halogens is 4. The van der Waals surface area contributed by atoms with Crippen molar-refractivity contribution >= 4 is 16.9 Å². The van der Waals surface area contributed by atoms with Crippen LogP contribution in [-0.4, -0.2) is 41.3 Å². The van der Waals surface area contributed by atoms with Gasteiger partial charge in [0.1, 0.15) is 29.3 Å². The second-order valence-electron chi connectivity index (χ2n) is 8.81. The molecule has 2 fully saturated rings. The van der Waals surface area contributed by atoms with E-state index in [1.165, 1.54) is 31.5 Å². The molecule has 2 saturated heterocycles. The van der Waals surface area contributed by atoms with E-state index < -0.39 is 11.9 Å². The Morgan fingerprint density at radius 2 is 1.85 bits per heavy atom. The van der Waals surface area contributed by atoms with Crippen molar-refractivity contribution in [1.29, 1.82) is 0 Å². The normalized spacial score (nSPS) is 24.2. The summed E-state index contributed by atoms with van der Waals surface area (Å²) < 4.78 is 57.4. The van der Waals surface area contributed by atoms with Gasteiger partial charge in [0.25, 0.3) is 0 Å². The fourth-order valence-corrected chi connectivity index (χ4v) is 4.85. The summed E-state index contributed by atoms with van der Waals surface area (Å²) >= 11 is 0. The lowest BCUT2D eigenvalue weighted by Crippen LogP contribution is -2.18. The van der Waals surface area contributed by atoms with Crippen molar-refractivity contribution < 1.29 is 22.3 Å². The van der Waals surface area contributed by atoms with Crippen LogP contribution >= 0.6 is 0 Å². The van der Waals surface area contributed by atoms with Gasteiger partial charge in [-0.05, 0) is 48.6 Å². The lowest BCUT2D eigenvalue weighted by Gasteiger charge is -2.27. The molecule has 0 bridgehead atoms. The number of hydrogen-bond acceptors (Lipinski definition) is 5. The Hall–Kier alpha value is -2.72. The van der Waals surface area contributed by atoms with E-state index in [4.69, 9.17) is 4.74 Å². The number of H-pyrrole nitrogens is 1. The summed E-state index contributed by atoms with van der Waals surface area (Å²) in [6.45, 7) is 4.37. The molecule has 10 heteroatoms. The number of alkyl halides is 3. The molecule has 2 aliphatic heterocycles. The van der Waals surface area contributed by atoms with E-state index in [0.717, 1.165) is 61.5 Å². The minimum absolute atomic E-state index is 0.125. The number of rotatable bonds is 2. The zero-order valence-corrected chi connectivity index (χ0v) is 17.9. The highest BCUT2D eigenvalue weighted by Gasteiger charge is 2.34. The molecule has 0 amide bonds. The maximum atomic E-state index is 13.4. The van der Waals surface area contributed by atoms with E-state index in [0.29, 0.717) is 5.82 Å². The molecule has 1 aliphatic carbocycles. The van der Waals surface area contributed by atoms with E-state index in [1.807, 2.05) is 0 Å². The van der Waals surface area contributed by atoms with Gasteiger partial charge in [-0.15, -0.1) is 0 Å². The molecule has 6 rings (SSSR count). The molecule has 1 aromatic carbocycles. The molecule has 6 nitrogen and oxygen atoms in total. The van der Waals surface area contributed by atoms with E-state index in [2.05, 4.69) is 25.6 Å². The first-order valence-corrected chi connectivity index (χ1v) is 11.1. The molecule has 3 aliphatic rings. The first-order valence-electron chi connectivity index (χ1n) is 11.1. The summed E-state index contributed by atoms with van der Waals surface area (Å²) in [5, 5.41) is 6.83. The Kier molecular flexibility index (Phi) is 5.96. The lowest BCUT2D eigenvalue weighted by molar-refractivity contribution is -0.140. The number of hydrogen-bond donors (Lipinski definition) is 3. The summed E-state index contributed by atoms with van der Waals surface area (Å²) in [4.78, 5) is 10.2. The summed E-state index contributed by atoms with van der Waals surface area (Å²) in [5.41, 5.74) is 1.13. The van der Waals surface area contributed by atoms with E-state index in [-0.39, 0.29) is 22.9 Å². The van der Waals surface area contributed by atoms with Crippen molar-refractivity contribution in [1.82, 2.24) is 20.3 Å². The fraction of sp³-hybridized carbons (Fsp3) is 0.478. The monoisotopic (exact) mass is 463 g/mol. The highest BCUT2D eigenvalue weighted by molar-refractivity contribution is 5.88. The van der Waals surface area contributed by atoms with Crippen molar-refractivity contribution in [2.45, 2.75) is 31.5 Å². The largest absolute Gasteiger partial charge is 0.431 e. The van der Waals surface area contributed by atoms with Gasteiger partial charge in [-0.2, -0.15) is 13.2 Å². The van der Waals surface area contributed by atoms with Gasteiger partial charge in [0.05, 0.1) is 24.6 Å². The second-order valence-corrected chi connectivity index (χ2v) is 8.81. The van der Waals surface area contributed by atoms with Crippen LogP contribution in [0, 0.1) is 17.7 Å². The lowest BCUT2D eigenvalue weighted by atomic mass is 9.87. The van der Waals surface area contributed by atoms with Crippen LogP contribution in [0.1, 0.15) is 35.7 Å². The SMILES string of the molecule is C1NCC2COCC12.Fc1ccc2c(c1)CCCC2Nc1ncnc2[nH]c(C(F)(F)F)cc12. The third-order valence-corrected chi connectivity index (χ3v) is 6.60. The van der Waals surface area contributed by atoms with Crippen molar-refractivity contribution in [3.8, 4) is 0 Å². The number of benzene rings is 1. The Balaban J connectivity index is 0.000000238. The average Bonchev–Trinajstić information content (AvgIpc) is 3.50. The zero-order valence-electron chi connectivity index (χ0n) is 17.9. The third-order valence-electron chi connectivity index (χ3n) is 6.60. The van der Waals surface area contributed by atoms with Crippen LogP contribution in [0.5, 0.6) is 0 Å². The number of aryl methyl sites for hydroxylation is 1. The highest BCUT2D eigenvalue weighted by atomic mass is 19.4. The standard InChI is InChI=1S/C17H14F4N4.C6H11NO/c18-10-4-5-11-9(6-10)2-1-3-13(11)24-15-12-7-14(17(19,20)21)25-16(12)23-8-22-15;1-5-3-8-4-6(5)2-7-1/h4-8,13H,1-3H2,(H2,22,23,24,25);5-7H,1-4H2. The summed E-state index contributed by atoms with van der Waals surface area (Å²) in [7, 11) is 0. The molecule has 0 radical (unpaired) electrons. The van der Waals surface area contributed by atoms with Gasteiger partial charge in [-0.3, -0.25) is 0 Å². The second kappa shape index (κ2) is 8.90. The molecule has 2 aromatic heterocycles. The van der Waals surface area contributed by atoms with Crippen LogP contribution in [0.15, 0.2) is 30.6 Å². The quantitative estimate of drug-likeness (QED) is 0.490. The first-order chi connectivity index (χ1) is 15.9. The van der Waals surface area contributed by atoms with Crippen molar-refractivity contribution in [3.05, 3.63) is 53.2 Å². The van der Waals surface area contributed by atoms with Gasteiger partial charge >= 0.3 is 6.18 Å². The van der Waals surface area contributed by atoms with E-state index >= 15 is 0 Å². The van der Waals surface area contributed by atoms with Crippen LogP contribution in [0.3, 0.4) is 0 Å². The third kappa shape index (κ3) is 4.67. The van der Waals surface area contributed by atoms with E-state index in [9.17, 15) is 17.6 Å². The van der Waals surface area contributed by atoms with Gasteiger partial charge in [0.15, 0.2) is 0 Å². The van der Waals surface area contributed by atoms with Gasteiger partial charge < -0.3 is 20.4 Å². The van der Waals surface area contributed by atoms with Gasteiger partial charge in [0.2, 0.25) is 0 Å². The molecule has 0 saturated carbocycles. The first kappa shape index (κ1) is 22.1. The minimum Gasteiger partial charge on any atom is -0.381 e. The molecule has 3 atom stereocenters. The number of aromatic nitrogens is 3. The summed E-state index contributed by atoms with van der Waals surface area (Å²) in [5.74, 6) is 1.73. The smallest absolute Gasteiger partial charge is 0.381 e. The number of anilines is 1. The summed E-state index contributed by atoms with van der Waals surface area (Å²) in [6, 6.07) is 5.50. The number of nitrogens with zero attached hydrogens (tertiary/aromatic N) is 2. The minimum atomic E-state index is -4.48. The topological polar surface area (TPSA) is 74.9 Å². The maximum absolute atomic E-state index is 13.4. The molecule has 33 heavy (non-hydrogen) atoms. The van der Waals surface area contributed by atoms with Gasteiger partial charge in [0, 0.05) is 24.9 Å². The summed E-state index contributed by atoms with van der Waals surface area (Å²) in [6.07, 6.45) is -0.820. The molecule has 176 valence electrons. The van der Waals surface area contributed by atoms with Crippen LogP contribution in [0.25, 0.3) is 11.0 Å². The molecule has 4 heterocycles. The molecule has 0 spiro atoms. The Morgan fingerprint density at radius 3 is 2.61 bits per heavy atom. The zero-order chi connectivity index (χ0) is 23.0. The van der Waals surface area contributed by atoms with Crippen LogP contribution in [0.2, 0.25) is 0 Å². The van der Waals surface area contributed by atoms with Crippen LogP contribution in [-0.2, 0) is 17.3 Å². The Bertz CT molecular complexity index is 1110. The van der Waals surface area contributed by atoms with Gasteiger partial charge in [-0.1, -0.05) is 6.07 Å². The van der Waals surface area contributed by atoms with Crippen LogP contribution < -0.4 is 10.6 Å². The number of ether oxygens (including phenoxy) is 1. The average molecular weight is 463 g/mol. The molecular weight excluding hydrogens is 438 g/mol. The van der Waals surface area contributed by atoms with Crippen LogP contribution in [0.4, 0.5) is 23.4 Å². The van der Waals surface area contributed by atoms with E-state index in [1.54, 1.807) is 6.07 Å².